The average molecular weight is 212 g/mol. The summed E-state index contributed by atoms with van der Waals surface area (Å²) < 4.78 is 0. The van der Waals surface area contributed by atoms with Crippen molar-refractivity contribution in [3.8, 4) is 0 Å². The van der Waals surface area contributed by atoms with Crippen LogP contribution in [0, 0.1) is 12.4 Å². The molecule has 0 unspecified atom stereocenters. The number of aryl methyl sites for hydroxylation is 2. The van der Waals surface area contributed by atoms with Gasteiger partial charge in [-0.3, -0.25) is 11.3 Å². The Bertz CT molecular complexity index is 173. The molecule has 0 N–H and O–H groups in total. The molecule has 1 rings (SSSR count). The van der Waals surface area contributed by atoms with Crippen LogP contribution in [0.4, 0.5) is 0 Å². The Morgan fingerprint density at radius 3 is 2.56 bits per heavy atom. The molecule has 1 aromatic heterocycles. The summed E-state index contributed by atoms with van der Waals surface area (Å²) in [5.74, 6) is 0. The van der Waals surface area contributed by atoms with Crippen LogP contribution in [0.25, 0.3) is 0 Å². The van der Waals surface area contributed by atoms with Crippen molar-refractivity contribution in [2.75, 3.05) is 0 Å². The third-order valence-electron chi connectivity index (χ3n) is 1.12. The molecule has 0 atom stereocenters. The molecule has 0 saturated heterocycles. The average Bonchev–Trinajstić information content (AvgIpc) is 2.14. The van der Waals surface area contributed by atoms with Gasteiger partial charge in [-0.1, -0.05) is 20.3 Å². The molecule has 0 bridgehead atoms. The maximum Gasteiger partial charge on any atom is 1.00 e. The molecule has 0 amide bonds. The Kier molecular flexibility index (Phi) is 5.95. The predicted octanol–water partition coefficient (Wildman–Crippen LogP) is -1.18. The minimum Gasteiger partial charge on any atom is -0.391 e. The van der Waals surface area contributed by atoms with Gasteiger partial charge < -0.3 is 4.98 Å². The molecule has 0 spiro atoms. The monoisotopic (exact) mass is 211 g/mol. The van der Waals surface area contributed by atoms with E-state index in [1.54, 1.807) is 11.3 Å². The molecule has 1 heterocycles. The largest absolute Gasteiger partial charge is 1.00 e. The van der Waals surface area contributed by atoms with Crippen molar-refractivity contribution >= 4 is 11.3 Å². The fourth-order valence-electron chi connectivity index (χ4n) is 0.612. The fourth-order valence-corrected chi connectivity index (χ4v) is 1.21. The van der Waals surface area contributed by atoms with E-state index in [1.165, 1.54) is 10.6 Å². The molecule has 1 aromatic rings. The normalized spacial score (nSPS) is 8.67. The standard InChI is InChI=1S/C6H8NS.Rb/c1-3-6-5(2)8-4-7-6;/h3H2,1-2H3;/q-1;+1. The Hall–Kier alpha value is 1.44. The Morgan fingerprint density at radius 1 is 1.67 bits per heavy atom. The van der Waals surface area contributed by atoms with Gasteiger partial charge in [0.25, 0.3) is 0 Å². The first-order chi connectivity index (χ1) is 3.84. The SMILES string of the molecule is CCc1n[c-]sc1C.[Rb+]. The first-order valence-corrected chi connectivity index (χ1v) is 3.48. The smallest absolute Gasteiger partial charge is 0.391 e. The Labute approximate surface area is 109 Å². The Balaban J connectivity index is 0.000000640. The summed E-state index contributed by atoms with van der Waals surface area (Å²) in [6.45, 7) is 4.18. The summed E-state index contributed by atoms with van der Waals surface area (Å²) in [5.41, 5.74) is 4.03. The first kappa shape index (κ1) is 10.4. The van der Waals surface area contributed by atoms with E-state index in [-0.39, 0.29) is 58.2 Å². The van der Waals surface area contributed by atoms with Crippen molar-refractivity contribution in [2.24, 2.45) is 0 Å². The first-order valence-electron chi connectivity index (χ1n) is 2.67. The van der Waals surface area contributed by atoms with Gasteiger partial charge in [-0.05, 0) is 5.51 Å². The van der Waals surface area contributed by atoms with Crippen LogP contribution in [0.1, 0.15) is 17.5 Å². The van der Waals surface area contributed by atoms with Crippen LogP contribution >= 0.6 is 11.3 Å². The molecule has 9 heavy (non-hydrogen) atoms. The molecule has 3 heteroatoms. The van der Waals surface area contributed by atoms with E-state index in [1.807, 2.05) is 0 Å². The van der Waals surface area contributed by atoms with Gasteiger partial charge in [-0.2, -0.15) is 0 Å². The van der Waals surface area contributed by atoms with Crippen LogP contribution in [-0.2, 0) is 6.42 Å². The number of hydrogen-bond donors (Lipinski definition) is 0. The van der Waals surface area contributed by atoms with Crippen molar-refractivity contribution in [3.63, 3.8) is 0 Å². The van der Waals surface area contributed by atoms with Crippen LogP contribution in [0.3, 0.4) is 0 Å². The van der Waals surface area contributed by atoms with Crippen LogP contribution < -0.4 is 58.2 Å². The van der Waals surface area contributed by atoms with Crippen molar-refractivity contribution in [1.82, 2.24) is 4.98 Å². The summed E-state index contributed by atoms with van der Waals surface area (Å²) in [7, 11) is 0. The van der Waals surface area contributed by atoms with Gasteiger partial charge in [0.15, 0.2) is 0 Å². The van der Waals surface area contributed by atoms with Crippen LogP contribution in [0.5, 0.6) is 0 Å². The summed E-state index contributed by atoms with van der Waals surface area (Å²) in [6.07, 6.45) is 1.03. The van der Waals surface area contributed by atoms with Crippen LogP contribution in [0.2, 0.25) is 0 Å². The second-order valence-electron chi connectivity index (χ2n) is 1.66. The van der Waals surface area contributed by atoms with E-state index in [2.05, 4.69) is 24.3 Å². The van der Waals surface area contributed by atoms with Gasteiger partial charge in [0, 0.05) is 0 Å². The second kappa shape index (κ2) is 5.13. The molecule has 44 valence electrons. The molecule has 0 radical (unpaired) electrons. The zero-order valence-electron chi connectivity index (χ0n) is 6.06. The molecule has 0 saturated carbocycles. The maximum absolute atomic E-state index is 4.03. The van der Waals surface area contributed by atoms with E-state index in [0.717, 1.165) is 6.42 Å². The van der Waals surface area contributed by atoms with Gasteiger partial charge in [0.05, 0.1) is 0 Å². The third kappa shape index (κ3) is 2.89. The van der Waals surface area contributed by atoms with Crippen molar-refractivity contribution < 1.29 is 58.2 Å². The van der Waals surface area contributed by atoms with Gasteiger partial charge in [0.1, 0.15) is 0 Å². The molecule has 0 aromatic carbocycles. The van der Waals surface area contributed by atoms with E-state index >= 15 is 0 Å². The molecule has 1 nitrogen and oxygen atoms in total. The fraction of sp³-hybridized carbons (Fsp3) is 0.500. The minimum absolute atomic E-state index is 0. The summed E-state index contributed by atoms with van der Waals surface area (Å²) in [5, 5.41) is 0. The maximum atomic E-state index is 4.03. The topological polar surface area (TPSA) is 12.9 Å². The van der Waals surface area contributed by atoms with Gasteiger partial charge in [0.2, 0.25) is 0 Å². The van der Waals surface area contributed by atoms with Gasteiger partial charge >= 0.3 is 58.2 Å². The van der Waals surface area contributed by atoms with Crippen molar-refractivity contribution in [3.05, 3.63) is 16.1 Å². The zero-order valence-corrected chi connectivity index (χ0v) is 11.8. The number of hydrogen-bond acceptors (Lipinski definition) is 2. The predicted molar refractivity (Wildman–Crippen MR) is 35.1 cm³/mol. The number of rotatable bonds is 1. The van der Waals surface area contributed by atoms with Gasteiger partial charge in [-0.15, -0.1) is 10.6 Å². The van der Waals surface area contributed by atoms with Crippen molar-refractivity contribution in [2.45, 2.75) is 20.3 Å². The van der Waals surface area contributed by atoms with E-state index < -0.39 is 0 Å². The van der Waals surface area contributed by atoms with Gasteiger partial charge in [-0.25, -0.2) is 0 Å². The molecule has 0 aliphatic heterocycles. The van der Waals surface area contributed by atoms with E-state index in [0.29, 0.717) is 0 Å². The second-order valence-corrected chi connectivity index (χ2v) is 2.66. The van der Waals surface area contributed by atoms with Crippen LogP contribution in [0.15, 0.2) is 0 Å². The molecular formula is C6H8NRbS. The summed E-state index contributed by atoms with van der Waals surface area (Å²) >= 11 is 1.59. The van der Waals surface area contributed by atoms with E-state index in [4.69, 9.17) is 0 Å². The molecule has 0 aliphatic carbocycles. The number of nitrogens with zero attached hydrogens (tertiary/aromatic N) is 1. The molecule has 0 aliphatic rings. The quantitative estimate of drug-likeness (QED) is 0.533. The van der Waals surface area contributed by atoms with Crippen LogP contribution in [-0.4, -0.2) is 4.98 Å². The summed E-state index contributed by atoms with van der Waals surface area (Å²) in [6, 6.07) is 0. The number of thiazole rings is 1. The third-order valence-corrected chi connectivity index (χ3v) is 1.85. The zero-order chi connectivity index (χ0) is 5.98. The summed E-state index contributed by atoms with van der Waals surface area (Å²) in [4.78, 5) is 5.33. The number of aromatic nitrogens is 1. The van der Waals surface area contributed by atoms with Crippen molar-refractivity contribution in [1.29, 1.82) is 0 Å². The molecular weight excluding hydrogens is 204 g/mol. The minimum atomic E-state index is 0. The van der Waals surface area contributed by atoms with E-state index in [9.17, 15) is 0 Å². The Morgan fingerprint density at radius 2 is 2.33 bits per heavy atom. The molecule has 0 fully saturated rings.